The quantitative estimate of drug-likeness (QED) is 0.114. The molecule has 0 N–H and O–H groups in total. The first kappa shape index (κ1) is 67.7. The minimum Gasteiger partial charge on any atom is -0.310 e. The normalized spacial score (nSPS) is 12.8. The van der Waals surface area contributed by atoms with Gasteiger partial charge in [-0.3, -0.25) is 0 Å². The summed E-state index contributed by atoms with van der Waals surface area (Å²) in [6, 6.07) is 149. The van der Waals surface area contributed by atoms with Crippen molar-refractivity contribution in [3.63, 3.8) is 0 Å². The van der Waals surface area contributed by atoms with Crippen LogP contribution in [0.15, 0.2) is 406 Å². The van der Waals surface area contributed by atoms with Gasteiger partial charge >= 0.3 is 0 Å². The highest BCUT2D eigenvalue weighted by molar-refractivity contribution is 7.25. The van der Waals surface area contributed by atoms with Gasteiger partial charge in [-0.1, -0.05) is 295 Å². The Labute approximate surface area is 659 Å². The molecular formula is C108H79N3S. The fourth-order valence-electron chi connectivity index (χ4n) is 17.7. The van der Waals surface area contributed by atoms with Gasteiger partial charge in [0.1, 0.15) is 0 Å². The highest BCUT2D eigenvalue weighted by Crippen LogP contribution is 2.54. The number of rotatable bonds is 13. The molecular weight excluding hydrogens is 1370 g/mol. The number of para-hydroxylation sites is 4. The summed E-state index contributed by atoms with van der Waals surface area (Å²) >= 11 is 1.87. The second kappa shape index (κ2) is 27.8. The molecule has 2 aliphatic rings. The molecule has 4 heteroatoms. The van der Waals surface area contributed by atoms with Crippen molar-refractivity contribution in [2.24, 2.45) is 0 Å². The third-order valence-electron chi connectivity index (χ3n) is 23.5. The van der Waals surface area contributed by atoms with E-state index in [0.717, 1.165) is 34.1 Å². The van der Waals surface area contributed by atoms with E-state index < -0.39 is 0 Å². The van der Waals surface area contributed by atoms with Crippen LogP contribution in [-0.2, 0) is 10.8 Å². The average molecular weight is 1450 g/mol. The third-order valence-corrected chi connectivity index (χ3v) is 24.6. The Hall–Kier alpha value is -13.6. The molecule has 0 saturated heterocycles. The number of hydrogen-bond donors (Lipinski definition) is 0. The van der Waals surface area contributed by atoms with Crippen LogP contribution in [0.25, 0.3) is 137 Å². The van der Waals surface area contributed by atoms with Crippen LogP contribution in [0.4, 0.5) is 34.1 Å². The van der Waals surface area contributed by atoms with Gasteiger partial charge in [0, 0.05) is 81.6 Å². The largest absolute Gasteiger partial charge is 0.310 e. The molecule has 0 amide bonds. The van der Waals surface area contributed by atoms with Crippen LogP contribution in [0, 0.1) is 0 Å². The monoisotopic (exact) mass is 1450 g/mol. The van der Waals surface area contributed by atoms with Crippen LogP contribution in [0.2, 0.25) is 0 Å². The van der Waals surface area contributed by atoms with E-state index in [1.807, 2.05) is 11.3 Å². The predicted molar refractivity (Wildman–Crippen MR) is 477 cm³/mol. The molecule has 2 aliphatic carbocycles. The smallest absolute Gasteiger partial charge is 0.0541 e. The summed E-state index contributed by atoms with van der Waals surface area (Å²) < 4.78 is 5.04. The van der Waals surface area contributed by atoms with E-state index in [-0.39, 0.29) is 10.8 Å². The van der Waals surface area contributed by atoms with Crippen molar-refractivity contribution in [2.75, 3.05) is 9.80 Å². The lowest BCUT2D eigenvalue weighted by molar-refractivity contribution is 0.660. The first-order valence-electron chi connectivity index (χ1n) is 38.8. The van der Waals surface area contributed by atoms with Crippen molar-refractivity contribution in [3.05, 3.63) is 429 Å². The predicted octanol–water partition coefficient (Wildman–Crippen LogP) is 30.4. The van der Waals surface area contributed by atoms with Gasteiger partial charge < -0.3 is 14.4 Å². The zero-order valence-corrected chi connectivity index (χ0v) is 63.7. The molecule has 2 aromatic heterocycles. The molecule has 0 aliphatic heterocycles. The van der Waals surface area contributed by atoms with Gasteiger partial charge in [0.2, 0.25) is 0 Å². The Morgan fingerprint density at radius 2 is 0.527 bits per heavy atom. The average Bonchev–Trinajstić information content (AvgIpc) is 1.58. The molecule has 0 fully saturated rings. The highest BCUT2D eigenvalue weighted by Gasteiger charge is 2.38. The minimum absolute atomic E-state index is 0.135. The van der Waals surface area contributed by atoms with E-state index >= 15 is 0 Å². The molecule has 0 radical (unpaired) electrons. The molecule has 0 saturated carbocycles. The Kier molecular flexibility index (Phi) is 16.8. The highest BCUT2D eigenvalue weighted by atomic mass is 32.1. The number of nitrogens with zero attached hydrogens (tertiary/aromatic N) is 3. The zero-order chi connectivity index (χ0) is 75.0. The molecule has 0 unspecified atom stereocenters. The van der Waals surface area contributed by atoms with Crippen LogP contribution in [0.3, 0.4) is 0 Å². The molecule has 532 valence electrons. The van der Waals surface area contributed by atoms with Crippen molar-refractivity contribution < 1.29 is 0 Å². The van der Waals surface area contributed by atoms with E-state index in [0.29, 0.717) is 0 Å². The van der Waals surface area contributed by atoms with Gasteiger partial charge in [-0.05, 0) is 251 Å². The van der Waals surface area contributed by atoms with Crippen molar-refractivity contribution >= 4 is 87.4 Å². The molecule has 0 bridgehead atoms. The maximum Gasteiger partial charge on any atom is 0.0541 e. The van der Waals surface area contributed by atoms with E-state index in [9.17, 15) is 0 Å². The molecule has 3 nitrogen and oxygen atoms in total. The van der Waals surface area contributed by atoms with Crippen molar-refractivity contribution in [1.29, 1.82) is 0 Å². The lowest BCUT2D eigenvalue weighted by Gasteiger charge is -2.28. The number of fused-ring (bicyclic) bond motifs is 12. The van der Waals surface area contributed by atoms with E-state index in [1.54, 1.807) is 0 Å². The van der Waals surface area contributed by atoms with Crippen molar-refractivity contribution in [2.45, 2.75) is 38.5 Å². The van der Waals surface area contributed by atoms with Crippen molar-refractivity contribution in [1.82, 2.24) is 4.57 Å². The minimum atomic E-state index is -0.147. The second-order valence-electron chi connectivity index (χ2n) is 30.8. The summed E-state index contributed by atoms with van der Waals surface area (Å²) in [5, 5.41) is 5.19. The number of aromatic nitrogens is 1. The van der Waals surface area contributed by atoms with E-state index in [4.69, 9.17) is 0 Å². The topological polar surface area (TPSA) is 11.4 Å². The Morgan fingerprint density at radius 1 is 0.205 bits per heavy atom. The Bertz CT molecular complexity index is 6770. The number of thiophene rings is 1. The van der Waals surface area contributed by atoms with Gasteiger partial charge in [0.15, 0.2) is 0 Å². The molecule has 21 rings (SSSR count). The number of anilines is 6. The maximum atomic E-state index is 2.41. The summed E-state index contributed by atoms with van der Waals surface area (Å²) in [5.74, 6) is 0. The first-order valence-corrected chi connectivity index (χ1v) is 39.7. The maximum absolute atomic E-state index is 2.41. The van der Waals surface area contributed by atoms with Crippen LogP contribution in [0.1, 0.15) is 49.9 Å². The lowest BCUT2D eigenvalue weighted by atomic mass is 9.81. The Morgan fingerprint density at radius 3 is 1.04 bits per heavy atom. The van der Waals surface area contributed by atoms with Crippen LogP contribution in [-0.4, -0.2) is 4.57 Å². The molecule has 2 heterocycles. The standard InChI is InChI=1S/C57H42N2.C51H37NS/c1-57(2)53-37-44(39-15-6-3-7-16-39)27-32-49(53)50-33-31-48(38-54(50)57)58(45-19-8-4-9-20-45)47-29-25-40(26-30-47)41-17-14-18-42(35-41)43-28-34-56-52(36-43)51-23-12-13-24-55(51)59(56)46-21-10-5-11-22-46;1-51(2)47-31-38(34-12-5-3-6-13-34)22-27-43(47)44-29-26-42(33-48(44)51)52(40-16-7-4-8-17-40)41-24-20-35(21-25-41)36-14-11-15-37(30-36)39-23-28-46-45-18-9-10-19-49(45)53-50(46)32-39/h3-38H,1-2H3;3-33H,1-2H3. The first-order chi connectivity index (χ1) is 55.0. The fraction of sp³-hybridized carbons (Fsp3) is 0.0556. The second-order valence-corrected chi connectivity index (χ2v) is 31.9. The van der Waals surface area contributed by atoms with Gasteiger partial charge in [-0.25, -0.2) is 0 Å². The van der Waals surface area contributed by atoms with E-state index in [1.165, 1.54) is 159 Å². The summed E-state index contributed by atoms with van der Waals surface area (Å²) in [5.41, 5.74) is 35.6. The van der Waals surface area contributed by atoms with Gasteiger partial charge in [0.05, 0.1) is 11.0 Å². The molecule has 17 aromatic carbocycles. The SMILES string of the molecule is CC1(C)c2cc(-c3ccccc3)ccc2-c2ccc(N(c3ccccc3)c3ccc(-c4cccc(-c5ccc6c(c5)c5ccccc5n6-c5ccccc5)c4)cc3)cc21.CC1(C)c2cc(-c3ccccc3)ccc2-c2ccc(N(c3ccccc3)c3ccc(-c4cccc(-c5ccc6c(c5)sc5ccccc56)c4)cc3)cc21. The molecule has 112 heavy (non-hydrogen) atoms. The summed E-state index contributed by atoms with van der Waals surface area (Å²) in [4.78, 5) is 4.77. The summed E-state index contributed by atoms with van der Waals surface area (Å²) in [6.45, 7) is 9.47. The van der Waals surface area contributed by atoms with Crippen LogP contribution < -0.4 is 9.80 Å². The fourth-order valence-corrected chi connectivity index (χ4v) is 18.8. The Balaban J connectivity index is 0.000000147. The van der Waals surface area contributed by atoms with Gasteiger partial charge in [-0.2, -0.15) is 0 Å². The summed E-state index contributed by atoms with van der Waals surface area (Å²) in [7, 11) is 0. The molecule has 0 atom stereocenters. The van der Waals surface area contributed by atoms with Crippen LogP contribution in [0.5, 0.6) is 0 Å². The number of benzene rings is 17. The van der Waals surface area contributed by atoms with Crippen molar-refractivity contribution in [3.8, 4) is 94.7 Å². The van der Waals surface area contributed by atoms with E-state index in [2.05, 4.69) is 449 Å². The zero-order valence-electron chi connectivity index (χ0n) is 62.9. The van der Waals surface area contributed by atoms with Crippen LogP contribution >= 0.6 is 11.3 Å². The number of hydrogen-bond acceptors (Lipinski definition) is 3. The summed E-state index contributed by atoms with van der Waals surface area (Å²) in [6.07, 6.45) is 0. The lowest BCUT2D eigenvalue weighted by Crippen LogP contribution is -2.16. The van der Waals surface area contributed by atoms with Gasteiger partial charge in [0.25, 0.3) is 0 Å². The molecule has 0 spiro atoms. The molecule has 19 aromatic rings. The van der Waals surface area contributed by atoms with Gasteiger partial charge in [-0.15, -0.1) is 11.3 Å². The third kappa shape index (κ3) is 12.0.